The van der Waals surface area contributed by atoms with Crippen molar-refractivity contribution in [2.24, 2.45) is 3.21 Å². The smallest absolute Gasteiger partial charge is 0.117 e. The highest BCUT2D eigenvalue weighted by Gasteiger charge is 2.12. The van der Waals surface area contributed by atoms with Crippen LogP contribution >= 0.6 is 45.7 Å². The van der Waals surface area contributed by atoms with Crippen LogP contribution in [0.15, 0.2) is 3.21 Å². The number of amidine groups is 1. The van der Waals surface area contributed by atoms with Gasteiger partial charge in [0.05, 0.1) is 45.7 Å². The largest absolute Gasteiger partial charge is 0.299 e. The Labute approximate surface area is 96.8 Å². The molecule has 0 aromatic heterocycles. The van der Waals surface area contributed by atoms with Crippen LogP contribution in [0.25, 0.3) is 0 Å². The molecule has 0 atom stereocenters. The van der Waals surface area contributed by atoms with Gasteiger partial charge in [0.25, 0.3) is 0 Å². The van der Waals surface area contributed by atoms with E-state index in [1.807, 2.05) is 29.8 Å². The van der Waals surface area contributed by atoms with E-state index in [1.54, 1.807) is 0 Å². The molecule has 66 valence electrons. The fraction of sp³-hybridized carbons (Fsp3) is 0.857. The number of hydrogen-bond donors (Lipinski definition) is 0. The number of halogens is 2. The Morgan fingerprint density at radius 2 is 1.91 bits per heavy atom. The Bertz CT molecular complexity index is 132. The lowest BCUT2D eigenvalue weighted by molar-refractivity contribution is 0.469. The molecule has 0 N–H and O–H groups in total. The summed E-state index contributed by atoms with van der Waals surface area (Å²) in [5.41, 5.74) is 0. The highest BCUT2D eigenvalue weighted by Crippen LogP contribution is 2.15. The van der Waals surface area contributed by atoms with Gasteiger partial charge in [-0.1, -0.05) is 13.8 Å². The van der Waals surface area contributed by atoms with Gasteiger partial charge >= 0.3 is 0 Å². The summed E-state index contributed by atoms with van der Waals surface area (Å²) >= 11 is 4.36. The molecule has 0 aromatic carbocycles. The minimum absolute atomic E-state index is 0.633. The topological polar surface area (TPSA) is 15.6 Å². The second-order valence-electron chi connectivity index (χ2n) is 2.41. The standard InChI is InChI=1S/C7H14I2N2/c1-4-7(5-2)11(9)6(3)10-8/h7H,4-5H2,1-3H3. The van der Waals surface area contributed by atoms with E-state index >= 15 is 0 Å². The van der Waals surface area contributed by atoms with Crippen molar-refractivity contribution in [3.8, 4) is 0 Å². The highest BCUT2D eigenvalue weighted by molar-refractivity contribution is 14.1. The predicted molar refractivity (Wildman–Crippen MR) is 67.4 cm³/mol. The van der Waals surface area contributed by atoms with Crippen LogP contribution < -0.4 is 0 Å². The molecule has 0 radical (unpaired) electrons. The van der Waals surface area contributed by atoms with Crippen LogP contribution in [0.4, 0.5) is 0 Å². The van der Waals surface area contributed by atoms with Crippen LogP contribution in [0.1, 0.15) is 33.6 Å². The molecule has 0 spiro atoms. The molecule has 0 fully saturated rings. The molecule has 0 saturated carbocycles. The normalized spacial score (nSPS) is 12.4. The van der Waals surface area contributed by atoms with Gasteiger partial charge < -0.3 is 0 Å². The maximum absolute atomic E-state index is 4.11. The molecule has 0 bridgehead atoms. The Morgan fingerprint density at radius 3 is 2.18 bits per heavy atom. The lowest BCUT2D eigenvalue weighted by Crippen LogP contribution is -2.28. The summed E-state index contributed by atoms with van der Waals surface area (Å²) in [5, 5.41) is 0. The van der Waals surface area contributed by atoms with Gasteiger partial charge in [-0.05, 0) is 19.8 Å². The number of rotatable bonds is 3. The van der Waals surface area contributed by atoms with Crippen LogP contribution in [-0.2, 0) is 0 Å². The molecule has 0 unspecified atom stereocenters. The zero-order valence-electron chi connectivity index (χ0n) is 7.14. The van der Waals surface area contributed by atoms with Crippen molar-refractivity contribution in [1.82, 2.24) is 3.11 Å². The summed E-state index contributed by atoms with van der Waals surface area (Å²) in [6.45, 7) is 6.46. The molecular weight excluding hydrogens is 366 g/mol. The van der Waals surface area contributed by atoms with Crippen molar-refractivity contribution in [3.05, 3.63) is 0 Å². The molecule has 0 aliphatic carbocycles. The molecule has 2 nitrogen and oxygen atoms in total. The van der Waals surface area contributed by atoms with Gasteiger partial charge in [-0.15, -0.1) is 0 Å². The lowest BCUT2D eigenvalue weighted by Gasteiger charge is -2.24. The maximum Gasteiger partial charge on any atom is 0.117 e. The minimum atomic E-state index is 0.633. The molecule has 0 heterocycles. The lowest BCUT2D eigenvalue weighted by atomic mass is 10.2. The predicted octanol–water partition coefficient (Wildman–Crippen LogP) is 3.60. The van der Waals surface area contributed by atoms with E-state index in [0.717, 1.165) is 5.84 Å². The Hall–Kier alpha value is 0.930. The van der Waals surface area contributed by atoms with Gasteiger partial charge in [0.1, 0.15) is 5.84 Å². The van der Waals surface area contributed by atoms with Crippen molar-refractivity contribution in [2.45, 2.75) is 39.7 Å². The van der Waals surface area contributed by atoms with E-state index in [0.29, 0.717) is 6.04 Å². The van der Waals surface area contributed by atoms with Crippen molar-refractivity contribution in [1.29, 1.82) is 0 Å². The average molecular weight is 380 g/mol. The first-order chi connectivity index (χ1) is 5.17. The summed E-state index contributed by atoms with van der Waals surface area (Å²) in [7, 11) is 0. The fourth-order valence-corrected chi connectivity index (χ4v) is 2.45. The van der Waals surface area contributed by atoms with Crippen LogP contribution in [0.2, 0.25) is 0 Å². The Morgan fingerprint density at radius 1 is 1.45 bits per heavy atom. The van der Waals surface area contributed by atoms with E-state index in [-0.39, 0.29) is 0 Å². The zero-order chi connectivity index (χ0) is 8.85. The number of nitrogens with zero attached hydrogens (tertiary/aromatic N) is 2. The zero-order valence-corrected chi connectivity index (χ0v) is 11.5. The molecule has 11 heavy (non-hydrogen) atoms. The van der Waals surface area contributed by atoms with E-state index < -0.39 is 0 Å². The van der Waals surface area contributed by atoms with Gasteiger partial charge in [0.2, 0.25) is 0 Å². The molecule has 0 aliphatic rings. The van der Waals surface area contributed by atoms with Gasteiger partial charge in [0.15, 0.2) is 0 Å². The summed E-state index contributed by atoms with van der Waals surface area (Å²) in [6.07, 6.45) is 2.37. The molecule has 0 amide bonds. The molecule has 0 aromatic rings. The van der Waals surface area contributed by atoms with Crippen molar-refractivity contribution < 1.29 is 0 Å². The van der Waals surface area contributed by atoms with Crippen LogP contribution in [0.3, 0.4) is 0 Å². The van der Waals surface area contributed by atoms with Crippen molar-refractivity contribution in [2.75, 3.05) is 0 Å². The highest BCUT2D eigenvalue weighted by atomic mass is 127. The van der Waals surface area contributed by atoms with Gasteiger partial charge in [0, 0.05) is 6.04 Å². The summed E-state index contributed by atoms with van der Waals surface area (Å²) in [4.78, 5) is 0. The third-order valence-corrected chi connectivity index (χ3v) is 3.88. The van der Waals surface area contributed by atoms with Crippen LogP contribution in [0, 0.1) is 0 Å². The first kappa shape index (κ1) is 11.9. The van der Waals surface area contributed by atoms with Crippen molar-refractivity contribution in [3.63, 3.8) is 0 Å². The molecule has 4 heteroatoms. The molecule has 0 rings (SSSR count). The first-order valence-electron chi connectivity index (χ1n) is 3.77. The van der Waals surface area contributed by atoms with E-state index in [9.17, 15) is 0 Å². The minimum Gasteiger partial charge on any atom is -0.299 e. The molecule has 0 aliphatic heterocycles. The Kier molecular flexibility index (Phi) is 6.99. The van der Waals surface area contributed by atoms with E-state index in [2.05, 4.69) is 43.0 Å². The van der Waals surface area contributed by atoms with Crippen molar-refractivity contribution >= 4 is 51.6 Å². The first-order valence-corrected chi connectivity index (χ1v) is 5.70. The Balaban J connectivity index is 4.08. The second kappa shape index (κ2) is 6.45. The third-order valence-electron chi connectivity index (χ3n) is 1.69. The number of hydrogen-bond acceptors (Lipinski definition) is 1. The van der Waals surface area contributed by atoms with Gasteiger partial charge in [-0.25, -0.2) is 3.21 Å². The average Bonchev–Trinajstić information content (AvgIpc) is 2.05. The summed E-state index contributed by atoms with van der Waals surface area (Å²) in [5.74, 6) is 1.10. The van der Waals surface area contributed by atoms with E-state index in [4.69, 9.17) is 0 Å². The summed E-state index contributed by atoms with van der Waals surface area (Å²) < 4.78 is 6.32. The van der Waals surface area contributed by atoms with E-state index in [1.165, 1.54) is 12.8 Å². The second-order valence-corrected chi connectivity index (χ2v) is 3.94. The summed E-state index contributed by atoms with van der Waals surface area (Å²) in [6, 6.07) is 0.633. The van der Waals surface area contributed by atoms with Gasteiger partial charge in [-0.3, -0.25) is 3.11 Å². The van der Waals surface area contributed by atoms with Crippen LogP contribution in [-0.4, -0.2) is 15.0 Å². The third kappa shape index (κ3) is 3.91. The quantitative estimate of drug-likeness (QED) is 0.316. The van der Waals surface area contributed by atoms with Crippen LogP contribution in [0.5, 0.6) is 0 Å². The monoisotopic (exact) mass is 380 g/mol. The maximum atomic E-state index is 4.11. The molecule has 0 saturated heterocycles. The SMILES string of the molecule is CCC(CC)N(I)C(C)=NI. The fourth-order valence-electron chi connectivity index (χ4n) is 0.910. The van der Waals surface area contributed by atoms with Gasteiger partial charge in [-0.2, -0.15) is 0 Å². The molecular formula is C7H14I2N2.